The largest absolute Gasteiger partial charge is 0.299 e. The summed E-state index contributed by atoms with van der Waals surface area (Å²) in [5.74, 6) is 0.624. The fourth-order valence-corrected chi connectivity index (χ4v) is 1.16. The minimum Gasteiger partial charge on any atom is -0.299 e. The van der Waals surface area contributed by atoms with Crippen LogP contribution in [0.15, 0.2) is 23.6 Å². The predicted octanol–water partition coefficient (Wildman–Crippen LogP) is 1.16. The van der Waals surface area contributed by atoms with Crippen molar-refractivity contribution in [1.29, 1.82) is 0 Å². The maximum absolute atomic E-state index is 10.5. The van der Waals surface area contributed by atoms with Crippen LogP contribution in [-0.2, 0) is 4.79 Å². The SMILES string of the molecule is CC(=O)CSc1cnccn1. The Balaban J connectivity index is 2.45. The molecule has 0 saturated carbocycles. The van der Waals surface area contributed by atoms with Crippen molar-refractivity contribution >= 4 is 17.5 Å². The summed E-state index contributed by atoms with van der Waals surface area (Å²) in [5.41, 5.74) is 0. The van der Waals surface area contributed by atoms with Crippen molar-refractivity contribution in [1.82, 2.24) is 9.97 Å². The molecule has 0 radical (unpaired) electrons. The van der Waals surface area contributed by atoms with Gasteiger partial charge in [-0.3, -0.25) is 9.78 Å². The van der Waals surface area contributed by atoms with Gasteiger partial charge in [0, 0.05) is 12.4 Å². The maximum Gasteiger partial charge on any atom is 0.140 e. The van der Waals surface area contributed by atoms with Gasteiger partial charge in [-0.25, -0.2) is 4.98 Å². The van der Waals surface area contributed by atoms with Gasteiger partial charge in [0.05, 0.1) is 11.9 Å². The van der Waals surface area contributed by atoms with Gasteiger partial charge in [0.1, 0.15) is 10.8 Å². The Morgan fingerprint density at radius 1 is 1.64 bits per heavy atom. The van der Waals surface area contributed by atoms with E-state index in [-0.39, 0.29) is 5.78 Å². The van der Waals surface area contributed by atoms with Crippen LogP contribution >= 0.6 is 11.8 Å². The topological polar surface area (TPSA) is 42.9 Å². The van der Waals surface area contributed by atoms with E-state index in [0.29, 0.717) is 5.75 Å². The number of ketones is 1. The number of carbonyl (C=O) groups is 1. The summed E-state index contributed by atoms with van der Waals surface area (Å²) in [5, 5.41) is 0.794. The molecule has 0 spiro atoms. The van der Waals surface area contributed by atoms with E-state index in [1.54, 1.807) is 25.5 Å². The molecule has 0 saturated heterocycles. The Morgan fingerprint density at radius 3 is 3.00 bits per heavy atom. The van der Waals surface area contributed by atoms with E-state index in [9.17, 15) is 4.79 Å². The highest BCUT2D eigenvalue weighted by Gasteiger charge is 1.96. The van der Waals surface area contributed by atoms with Gasteiger partial charge in [0.2, 0.25) is 0 Å². The van der Waals surface area contributed by atoms with Crippen LogP contribution in [0.4, 0.5) is 0 Å². The number of Topliss-reactive ketones (excluding diaryl/α,β-unsaturated/α-hetero) is 1. The molecule has 11 heavy (non-hydrogen) atoms. The summed E-state index contributed by atoms with van der Waals surface area (Å²) in [4.78, 5) is 18.4. The molecular formula is C7H8N2OS. The second kappa shape index (κ2) is 4.08. The normalized spacial score (nSPS) is 9.55. The van der Waals surface area contributed by atoms with Crippen molar-refractivity contribution in [2.75, 3.05) is 5.75 Å². The van der Waals surface area contributed by atoms with E-state index in [2.05, 4.69) is 9.97 Å². The molecule has 0 aliphatic carbocycles. The smallest absolute Gasteiger partial charge is 0.140 e. The average Bonchev–Trinajstić information content (AvgIpc) is 2.03. The second-order valence-electron chi connectivity index (χ2n) is 2.03. The van der Waals surface area contributed by atoms with E-state index in [1.807, 2.05) is 0 Å². The fourth-order valence-electron chi connectivity index (χ4n) is 0.536. The van der Waals surface area contributed by atoms with Crippen molar-refractivity contribution in [3.8, 4) is 0 Å². The number of hydrogen-bond donors (Lipinski definition) is 0. The van der Waals surface area contributed by atoms with Gasteiger partial charge in [-0.15, -0.1) is 0 Å². The quantitative estimate of drug-likeness (QED) is 0.635. The van der Waals surface area contributed by atoms with Crippen LogP contribution in [0.1, 0.15) is 6.92 Å². The first kappa shape index (κ1) is 8.20. The lowest BCUT2D eigenvalue weighted by Crippen LogP contribution is -1.93. The standard InChI is InChI=1S/C7H8N2OS/c1-6(10)5-11-7-4-8-2-3-9-7/h2-4H,5H2,1H3. The highest BCUT2D eigenvalue weighted by molar-refractivity contribution is 7.99. The molecule has 0 amide bonds. The zero-order valence-electron chi connectivity index (χ0n) is 6.15. The van der Waals surface area contributed by atoms with Crippen molar-refractivity contribution in [3.05, 3.63) is 18.6 Å². The van der Waals surface area contributed by atoms with Gasteiger partial charge in [-0.05, 0) is 6.92 Å². The van der Waals surface area contributed by atoms with Gasteiger partial charge in [-0.1, -0.05) is 11.8 Å². The predicted molar refractivity (Wildman–Crippen MR) is 43.4 cm³/mol. The molecule has 1 aromatic rings. The van der Waals surface area contributed by atoms with Gasteiger partial charge >= 0.3 is 0 Å². The lowest BCUT2D eigenvalue weighted by atomic mass is 10.5. The third-order valence-electron chi connectivity index (χ3n) is 0.963. The van der Waals surface area contributed by atoms with Crippen molar-refractivity contribution in [2.45, 2.75) is 11.9 Å². The van der Waals surface area contributed by atoms with Crippen molar-refractivity contribution < 1.29 is 4.79 Å². The lowest BCUT2D eigenvalue weighted by Gasteiger charge is -1.94. The summed E-state index contributed by atoms with van der Waals surface area (Å²) >= 11 is 1.41. The third-order valence-corrected chi connectivity index (χ3v) is 2.02. The first-order valence-electron chi connectivity index (χ1n) is 3.17. The molecule has 1 rings (SSSR count). The van der Waals surface area contributed by atoms with Crippen LogP contribution in [0.2, 0.25) is 0 Å². The van der Waals surface area contributed by atoms with Crippen LogP contribution in [0.5, 0.6) is 0 Å². The molecular weight excluding hydrogens is 160 g/mol. The van der Waals surface area contributed by atoms with E-state index in [4.69, 9.17) is 0 Å². The highest BCUT2D eigenvalue weighted by atomic mass is 32.2. The van der Waals surface area contributed by atoms with Crippen LogP contribution < -0.4 is 0 Å². The van der Waals surface area contributed by atoms with Crippen LogP contribution in [0.25, 0.3) is 0 Å². The monoisotopic (exact) mass is 168 g/mol. The van der Waals surface area contributed by atoms with E-state index in [1.165, 1.54) is 11.8 Å². The zero-order chi connectivity index (χ0) is 8.10. The summed E-state index contributed by atoms with van der Waals surface area (Å²) in [6.07, 6.45) is 4.87. The molecule has 0 aliphatic rings. The molecule has 58 valence electrons. The highest BCUT2D eigenvalue weighted by Crippen LogP contribution is 2.11. The van der Waals surface area contributed by atoms with E-state index >= 15 is 0 Å². The summed E-state index contributed by atoms with van der Waals surface area (Å²) < 4.78 is 0. The Kier molecular flexibility index (Phi) is 3.04. The van der Waals surface area contributed by atoms with Crippen LogP contribution in [-0.4, -0.2) is 21.5 Å². The number of nitrogens with zero attached hydrogens (tertiary/aromatic N) is 2. The summed E-state index contributed by atoms with van der Waals surface area (Å²) in [7, 11) is 0. The Morgan fingerprint density at radius 2 is 2.45 bits per heavy atom. The molecule has 0 bridgehead atoms. The first-order chi connectivity index (χ1) is 5.29. The van der Waals surface area contributed by atoms with Gasteiger partial charge in [-0.2, -0.15) is 0 Å². The molecule has 1 heterocycles. The fraction of sp³-hybridized carbons (Fsp3) is 0.286. The van der Waals surface area contributed by atoms with Gasteiger partial charge in [0.25, 0.3) is 0 Å². The second-order valence-corrected chi connectivity index (χ2v) is 3.03. The molecule has 3 nitrogen and oxygen atoms in total. The Hall–Kier alpha value is -0.900. The molecule has 0 aromatic carbocycles. The number of thioether (sulfide) groups is 1. The lowest BCUT2D eigenvalue weighted by molar-refractivity contribution is -0.114. The summed E-state index contributed by atoms with van der Waals surface area (Å²) in [6.45, 7) is 1.56. The summed E-state index contributed by atoms with van der Waals surface area (Å²) in [6, 6.07) is 0. The maximum atomic E-state index is 10.5. The molecule has 0 N–H and O–H groups in total. The molecule has 0 atom stereocenters. The van der Waals surface area contributed by atoms with Crippen LogP contribution in [0, 0.1) is 0 Å². The Labute approximate surface area is 69.3 Å². The Bertz CT molecular complexity index is 237. The van der Waals surface area contributed by atoms with Crippen molar-refractivity contribution in [3.63, 3.8) is 0 Å². The molecule has 4 heteroatoms. The number of carbonyl (C=O) groups excluding carboxylic acids is 1. The minimum absolute atomic E-state index is 0.153. The third kappa shape index (κ3) is 3.13. The van der Waals surface area contributed by atoms with E-state index in [0.717, 1.165) is 5.03 Å². The molecule has 0 unspecified atom stereocenters. The van der Waals surface area contributed by atoms with Crippen molar-refractivity contribution in [2.24, 2.45) is 0 Å². The van der Waals surface area contributed by atoms with Gasteiger partial charge in [0.15, 0.2) is 0 Å². The molecule has 1 aromatic heterocycles. The average molecular weight is 168 g/mol. The number of aromatic nitrogens is 2. The zero-order valence-corrected chi connectivity index (χ0v) is 6.97. The van der Waals surface area contributed by atoms with Gasteiger partial charge < -0.3 is 0 Å². The molecule has 0 fully saturated rings. The number of hydrogen-bond acceptors (Lipinski definition) is 4. The first-order valence-corrected chi connectivity index (χ1v) is 4.16. The number of rotatable bonds is 3. The minimum atomic E-state index is 0.153. The van der Waals surface area contributed by atoms with E-state index < -0.39 is 0 Å². The van der Waals surface area contributed by atoms with Crippen LogP contribution in [0.3, 0.4) is 0 Å². The molecule has 0 aliphatic heterocycles.